The van der Waals surface area contributed by atoms with E-state index in [-0.39, 0.29) is 17.3 Å². The predicted molar refractivity (Wildman–Crippen MR) is 134 cm³/mol. The number of amides is 2. The Morgan fingerprint density at radius 2 is 1.71 bits per heavy atom. The number of carbonyl (C=O) groups is 2. The topological polar surface area (TPSA) is 109 Å². The van der Waals surface area contributed by atoms with Gasteiger partial charge in [-0.2, -0.15) is 0 Å². The molecule has 0 fully saturated rings. The van der Waals surface area contributed by atoms with Crippen LogP contribution in [-0.2, 0) is 26.2 Å². The van der Waals surface area contributed by atoms with Crippen LogP contribution in [0.1, 0.15) is 36.7 Å². The van der Waals surface area contributed by atoms with Gasteiger partial charge >= 0.3 is 0 Å². The lowest BCUT2D eigenvalue weighted by molar-refractivity contribution is -0.126. The van der Waals surface area contributed by atoms with Crippen LogP contribution in [-0.4, -0.2) is 32.8 Å². The number of sulfonamides is 1. The Morgan fingerprint density at radius 1 is 1.00 bits per heavy atom. The average molecular weight is 498 g/mol. The van der Waals surface area contributed by atoms with Crippen LogP contribution in [0.15, 0.2) is 76.2 Å². The zero-order chi connectivity index (χ0) is 25.4. The van der Waals surface area contributed by atoms with Crippen LogP contribution in [0.2, 0.25) is 0 Å². The number of nitrogens with one attached hydrogen (secondary N) is 2. The molecule has 0 unspecified atom stereocenters. The average Bonchev–Trinajstić information content (AvgIpc) is 3.36. The monoisotopic (exact) mass is 497 g/mol. The number of anilines is 1. The highest BCUT2D eigenvalue weighted by Crippen LogP contribution is 2.24. The molecule has 0 saturated carbocycles. The van der Waals surface area contributed by atoms with E-state index in [4.69, 9.17) is 4.42 Å². The molecule has 0 aliphatic rings. The summed E-state index contributed by atoms with van der Waals surface area (Å²) in [5, 5.41) is 2.83. The molecule has 2 amide bonds. The number of para-hydroxylation sites is 1. The Kier molecular flexibility index (Phi) is 8.84. The van der Waals surface area contributed by atoms with Crippen molar-refractivity contribution >= 4 is 27.5 Å². The summed E-state index contributed by atoms with van der Waals surface area (Å²) in [6.07, 6.45) is 2.56. The second-order valence-electron chi connectivity index (χ2n) is 8.29. The maximum Gasteiger partial charge on any atom is 0.243 e. The van der Waals surface area contributed by atoms with E-state index >= 15 is 0 Å². The smallest absolute Gasteiger partial charge is 0.243 e. The molecule has 0 aliphatic heterocycles. The van der Waals surface area contributed by atoms with Crippen LogP contribution in [0.25, 0.3) is 0 Å². The Bertz CT molecular complexity index is 1240. The Balaban J connectivity index is 1.86. The molecule has 1 atom stereocenters. The van der Waals surface area contributed by atoms with Crippen molar-refractivity contribution in [1.82, 2.24) is 10.0 Å². The summed E-state index contributed by atoms with van der Waals surface area (Å²) in [4.78, 5) is 28.2. The molecule has 0 bridgehead atoms. The molecule has 0 aliphatic carbocycles. The Hall–Kier alpha value is -3.43. The lowest BCUT2D eigenvalue weighted by atomic mass is 10.1. The summed E-state index contributed by atoms with van der Waals surface area (Å²) in [5.74, 6) is -0.281. The third-order valence-corrected chi connectivity index (χ3v) is 7.00. The molecule has 186 valence electrons. The van der Waals surface area contributed by atoms with E-state index in [2.05, 4.69) is 10.0 Å². The maximum absolute atomic E-state index is 13.5. The molecule has 0 radical (unpaired) electrons. The van der Waals surface area contributed by atoms with Crippen molar-refractivity contribution in [1.29, 1.82) is 0 Å². The number of furan rings is 1. The van der Waals surface area contributed by atoms with Crippen molar-refractivity contribution in [2.45, 2.75) is 51.1 Å². The second-order valence-corrected chi connectivity index (χ2v) is 10.1. The standard InChI is InChI=1S/C26H31N3O5S/c1-4-8-24(26(31)27-17-21-10-7-16-34-21)29(23-11-6-5-9-20(23)3)25(30)18-28-35(32,33)22-14-12-19(2)13-15-22/h5-7,9-16,24,28H,4,8,17-18H2,1-3H3,(H,27,31)/t24-/m0/s1. The van der Waals surface area contributed by atoms with Crippen molar-refractivity contribution in [3.63, 3.8) is 0 Å². The SMILES string of the molecule is CCC[C@@H](C(=O)NCc1ccco1)N(C(=O)CNS(=O)(=O)c1ccc(C)cc1)c1ccccc1C. The zero-order valence-electron chi connectivity index (χ0n) is 20.2. The molecule has 3 aromatic rings. The first-order valence-electron chi connectivity index (χ1n) is 11.5. The van der Waals surface area contributed by atoms with E-state index in [9.17, 15) is 18.0 Å². The molecule has 1 aromatic heterocycles. The number of carbonyl (C=O) groups excluding carboxylic acids is 2. The van der Waals surface area contributed by atoms with Gasteiger partial charge in [0.2, 0.25) is 21.8 Å². The van der Waals surface area contributed by atoms with Crippen LogP contribution in [0.3, 0.4) is 0 Å². The molecule has 8 nitrogen and oxygen atoms in total. The summed E-state index contributed by atoms with van der Waals surface area (Å²) in [5.41, 5.74) is 2.27. The van der Waals surface area contributed by atoms with Gasteiger partial charge in [-0.25, -0.2) is 13.1 Å². The molecule has 35 heavy (non-hydrogen) atoms. The van der Waals surface area contributed by atoms with Gasteiger partial charge in [-0.1, -0.05) is 49.2 Å². The van der Waals surface area contributed by atoms with Crippen LogP contribution in [0.4, 0.5) is 5.69 Å². The molecule has 2 N–H and O–H groups in total. The van der Waals surface area contributed by atoms with Gasteiger partial charge in [0.05, 0.1) is 24.2 Å². The quantitative estimate of drug-likeness (QED) is 0.420. The van der Waals surface area contributed by atoms with E-state index in [1.165, 1.54) is 23.3 Å². The van der Waals surface area contributed by atoms with Gasteiger partial charge in [0.25, 0.3) is 0 Å². The number of rotatable bonds is 11. The molecular weight excluding hydrogens is 466 g/mol. The van der Waals surface area contributed by atoms with Gasteiger partial charge < -0.3 is 9.73 Å². The zero-order valence-corrected chi connectivity index (χ0v) is 21.0. The first kappa shape index (κ1) is 26.2. The van der Waals surface area contributed by atoms with E-state index in [0.717, 1.165) is 11.1 Å². The highest BCUT2D eigenvalue weighted by atomic mass is 32.2. The third-order valence-electron chi connectivity index (χ3n) is 5.58. The fourth-order valence-corrected chi connectivity index (χ4v) is 4.68. The van der Waals surface area contributed by atoms with Gasteiger partial charge in [0.1, 0.15) is 11.8 Å². The first-order valence-corrected chi connectivity index (χ1v) is 13.0. The highest BCUT2D eigenvalue weighted by Gasteiger charge is 2.32. The van der Waals surface area contributed by atoms with Crippen molar-refractivity contribution in [3.8, 4) is 0 Å². The normalized spacial score (nSPS) is 12.2. The van der Waals surface area contributed by atoms with E-state index < -0.39 is 28.5 Å². The summed E-state index contributed by atoms with van der Waals surface area (Å²) in [7, 11) is -3.91. The van der Waals surface area contributed by atoms with E-state index in [1.54, 1.807) is 36.4 Å². The molecule has 0 spiro atoms. The molecule has 2 aromatic carbocycles. The van der Waals surface area contributed by atoms with Crippen molar-refractivity contribution in [3.05, 3.63) is 83.8 Å². The number of aryl methyl sites for hydroxylation is 2. The highest BCUT2D eigenvalue weighted by molar-refractivity contribution is 7.89. The van der Waals surface area contributed by atoms with Gasteiger partial charge in [-0.3, -0.25) is 14.5 Å². The summed E-state index contributed by atoms with van der Waals surface area (Å²) < 4.78 is 33.2. The predicted octanol–water partition coefficient (Wildman–Crippen LogP) is 3.69. The number of nitrogens with zero attached hydrogens (tertiary/aromatic N) is 1. The second kappa shape index (κ2) is 11.8. The van der Waals surface area contributed by atoms with Crippen LogP contribution < -0.4 is 14.9 Å². The molecule has 1 heterocycles. The van der Waals surface area contributed by atoms with Crippen LogP contribution in [0.5, 0.6) is 0 Å². The number of hydrogen-bond acceptors (Lipinski definition) is 5. The van der Waals surface area contributed by atoms with Crippen LogP contribution >= 0.6 is 0 Å². The van der Waals surface area contributed by atoms with Crippen molar-refractivity contribution in [2.75, 3.05) is 11.4 Å². The molecule has 9 heteroatoms. The van der Waals surface area contributed by atoms with E-state index in [1.807, 2.05) is 32.9 Å². The molecule has 3 rings (SSSR count). The fourth-order valence-electron chi connectivity index (χ4n) is 3.71. The van der Waals surface area contributed by atoms with Gasteiger partial charge in [0, 0.05) is 5.69 Å². The lowest BCUT2D eigenvalue weighted by Gasteiger charge is -2.32. The molecular formula is C26H31N3O5S. The summed E-state index contributed by atoms with van der Waals surface area (Å²) in [6, 6.07) is 16.2. The number of hydrogen-bond donors (Lipinski definition) is 2. The largest absolute Gasteiger partial charge is 0.467 e. The summed E-state index contributed by atoms with van der Waals surface area (Å²) in [6.45, 7) is 5.32. The lowest BCUT2D eigenvalue weighted by Crippen LogP contribution is -2.52. The van der Waals surface area contributed by atoms with Crippen LogP contribution in [0, 0.1) is 13.8 Å². The Morgan fingerprint density at radius 3 is 2.34 bits per heavy atom. The maximum atomic E-state index is 13.5. The third kappa shape index (κ3) is 6.80. The van der Waals surface area contributed by atoms with E-state index in [0.29, 0.717) is 24.3 Å². The Labute approximate surface area is 206 Å². The minimum Gasteiger partial charge on any atom is -0.467 e. The van der Waals surface area contributed by atoms with Crippen molar-refractivity contribution in [2.24, 2.45) is 0 Å². The van der Waals surface area contributed by atoms with Crippen molar-refractivity contribution < 1.29 is 22.4 Å². The first-order chi connectivity index (χ1) is 16.7. The minimum absolute atomic E-state index is 0.0691. The summed E-state index contributed by atoms with van der Waals surface area (Å²) >= 11 is 0. The molecule has 0 saturated heterocycles. The number of benzene rings is 2. The minimum atomic E-state index is -3.91. The van der Waals surface area contributed by atoms with Gasteiger partial charge in [-0.15, -0.1) is 0 Å². The fraction of sp³-hybridized carbons (Fsp3) is 0.308. The van der Waals surface area contributed by atoms with Gasteiger partial charge in [-0.05, 0) is 56.2 Å². The van der Waals surface area contributed by atoms with Gasteiger partial charge in [0.15, 0.2) is 0 Å².